The molecule has 1 N–H and O–H groups in total. The van der Waals surface area contributed by atoms with E-state index in [1.165, 1.54) is 12.1 Å². The van der Waals surface area contributed by atoms with Crippen LogP contribution in [0.25, 0.3) is 0 Å². The van der Waals surface area contributed by atoms with Gasteiger partial charge in [0.2, 0.25) is 0 Å². The first-order valence-electron chi connectivity index (χ1n) is 7.07. The smallest absolute Gasteiger partial charge is 0.269 e. The maximum Gasteiger partial charge on any atom is 0.269 e. The number of non-ortho nitro benzene ring substituents is 1. The second-order valence-electron chi connectivity index (χ2n) is 5.41. The first-order chi connectivity index (χ1) is 9.99. The molecule has 2 rings (SSSR count). The summed E-state index contributed by atoms with van der Waals surface area (Å²) in [6.07, 6.45) is 2.16. The lowest BCUT2D eigenvalue weighted by atomic mass is 10.00. The Morgan fingerprint density at radius 2 is 2.38 bits per heavy atom. The van der Waals surface area contributed by atoms with Crippen LogP contribution in [0.15, 0.2) is 18.2 Å². The predicted octanol–water partition coefficient (Wildman–Crippen LogP) is 2.71. The second-order valence-corrected chi connectivity index (χ2v) is 5.41. The number of rotatable bonds is 5. The van der Waals surface area contributed by atoms with E-state index in [9.17, 15) is 15.4 Å². The van der Waals surface area contributed by atoms with E-state index in [1.54, 1.807) is 13.0 Å². The molecule has 0 heterocycles. The van der Waals surface area contributed by atoms with Crippen LogP contribution < -0.4 is 10.1 Å². The second kappa shape index (κ2) is 6.10. The van der Waals surface area contributed by atoms with Gasteiger partial charge in [0.05, 0.1) is 11.0 Å². The van der Waals surface area contributed by atoms with Gasteiger partial charge in [-0.3, -0.25) is 15.4 Å². The molecular weight excluding hydrogens is 270 g/mol. The van der Waals surface area contributed by atoms with Crippen molar-refractivity contribution < 1.29 is 9.66 Å². The lowest BCUT2D eigenvalue weighted by Crippen LogP contribution is -2.42. The van der Waals surface area contributed by atoms with Gasteiger partial charge in [-0.1, -0.05) is 6.92 Å². The van der Waals surface area contributed by atoms with Crippen molar-refractivity contribution >= 4 is 5.69 Å². The van der Waals surface area contributed by atoms with Crippen molar-refractivity contribution in [2.45, 2.75) is 44.8 Å². The van der Waals surface area contributed by atoms with Gasteiger partial charge in [0, 0.05) is 18.6 Å². The van der Waals surface area contributed by atoms with Crippen molar-refractivity contribution in [1.29, 1.82) is 5.26 Å². The van der Waals surface area contributed by atoms with Gasteiger partial charge in [0.15, 0.2) is 0 Å². The highest BCUT2D eigenvalue weighted by Gasteiger charge is 2.40. The number of aryl methyl sites for hydroxylation is 1. The summed E-state index contributed by atoms with van der Waals surface area (Å²) in [7, 11) is 0. The molecule has 1 aliphatic rings. The van der Waals surface area contributed by atoms with Crippen LogP contribution in [0.3, 0.4) is 0 Å². The van der Waals surface area contributed by atoms with Gasteiger partial charge in [-0.15, -0.1) is 0 Å². The van der Waals surface area contributed by atoms with Crippen LogP contribution >= 0.6 is 0 Å². The average Bonchev–Trinajstić information content (AvgIpc) is 2.85. The SMILES string of the molecule is CCNC1(C#N)CCC(Oc2ccc([N+](=O)[O-])cc2C)C1. The van der Waals surface area contributed by atoms with Crippen LogP contribution in [-0.4, -0.2) is 23.1 Å². The van der Waals surface area contributed by atoms with Crippen molar-refractivity contribution in [1.82, 2.24) is 5.32 Å². The van der Waals surface area contributed by atoms with Crippen LogP contribution in [0.4, 0.5) is 5.69 Å². The summed E-state index contributed by atoms with van der Waals surface area (Å²) in [5, 5.41) is 23.3. The van der Waals surface area contributed by atoms with Crippen LogP contribution in [0, 0.1) is 28.4 Å². The summed E-state index contributed by atoms with van der Waals surface area (Å²) in [6, 6.07) is 6.93. The molecule has 112 valence electrons. The minimum atomic E-state index is -0.506. The molecule has 1 saturated carbocycles. The number of nitriles is 1. The summed E-state index contributed by atoms with van der Waals surface area (Å²) in [4.78, 5) is 10.3. The van der Waals surface area contributed by atoms with Crippen molar-refractivity contribution in [2.75, 3.05) is 6.54 Å². The van der Waals surface area contributed by atoms with Crippen LogP contribution in [0.2, 0.25) is 0 Å². The number of ether oxygens (including phenoxy) is 1. The molecule has 1 aromatic rings. The zero-order valence-electron chi connectivity index (χ0n) is 12.3. The number of nitro groups is 1. The highest BCUT2D eigenvalue weighted by molar-refractivity contribution is 5.43. The van der Waals surface area contributed by atoms with Crippen molar-refractivity contribution in [2.24, 2.45) is 0 Å². The van der Waals surface area contributed by atoms with Crippen molar-refractivity contribution in [3.63, 3.8) is 0 Å². The lowest BCUT2D eigenvalue weighted by molar-refractivity contribution is -0.384. The van der Waals surface area contributed by atoms with E-state index in [0.29, 0.717) is 12.2 Å². The van der Waals surface area contributed by atoms with E-state index in [1.807, 2.05) is 6.92 Å². The predicted molar refractivity (Wildman–Crippen MR) is 78.1 cm³/mol. The molecule has 2 unspecified atom stereocenters. The first-order valence-corrected chi connectivity index (χ1v) is 7.07. The zero-order chi connectivity index (χ0) is 15.5. The zero-order valence-corrected chi connectivity index (χ0v) is 12.3. The largest absolute Gasteiger partial charge is 0.490 e. The van der Waals surface area contributed by atoms with Gasteiger partial charge >= 0.3 is 0 Å². The lowest BCUT2D eigenvalue weighted by Gasteiger charge is -2.22. The van der Waals surface area contributed by atoms with E-state index >= 15 is 0 Å². The van der Waals surface area contributed by atoms with Gasteiger partial charge in [0.1, 0.15) is 17.4 Å². The molecule has 0 bridgehead atoms. The minimum Gasteiger partial charge on any atom is -0.490 e. The number of hydrogen-bond acceptors (Lipinski definition) is 5. The Hall–Kier alpha value is -2.13. The van der Waals surface area contributed by atoms with Crippen molar-refractivity contribution in [3.05, 3.63) is 33.9 Å². The summed E-state index contributed by atoms with van der Waals surface area (Å²) in [5.41, 5.74) is 0.293. The average molecular weight is 289 g/mol. The molecule has 0 spiro atoms. The molecule has 0 aromatic heterocycles. The molecule has 2 atom stereocenters. The normalized spacial score (nSPS) is 24.5. The molecule has 21 heavy (non-hydrogen) atoms. The topological polar surface area (TPSA) is 88.2 Å². The molecule has 1 aliphatic carbocycles. The third-order valence-electron chi connectivity index (χ3n) is 3.86. The fourth-order valence-corrected chi connectivity index (χ4v) is 2.80. The molecule has 6 heteroatoms. The molecule has 0 aliphatic heterocycles. The maximum atomic E-state index is 10.7. The van der Waals surface area contributed by atoms with E-state index in [-0.39, 0.29) is 11.8 Å². The molecule has 1 fully saturated rings. The first kappa shape index (κ1) is 15.3. The highest BCUT2D eigenvalue weighted by atomic mass is 16.6. The van der Waals surface area contributed by atoms with Crippen LogP contribution in [-0.2, 0) is 0 Å². The van der Waals surface area contributed by atoms with Gasteiger partial charge in [0.25, 0.3) is 5.69 Å². The fraction of sp³-hybridized carbons (Fsp3) is 0.533. The quantitative estimate of drug-likeness (QED) is 0.665. The Kier molecular flexibility index (Phi) is 4.43. The Morgan fingerprint density at radius 1 is 1.62 bits per heavy atom. The molecule has 1 aromatic carbocycles. The third kappa shape index (κ3) is 3.31. The standard InChI is InChI=1S/C15H19N3O3/c1-3-17-15(10-16)7-6-13(9-15)21-14-5-4-12(18(19)20)8-11(14)2/h4-5,8,13,17H,3,6-7,9H2,1-2H3. The monoisotopic (exact) mass is 289 g/mol. The summed E-state index contributed by atoms with van der Waals surface area (Å²) in [5.74, 6) is 0.649. The summed E-state index contributed by atoms with van der Waals surface area (Å²) in [6.45, 7) is 4.52. The molecule has 0 amide bonds. The minimum absolute atomic E-state index is 0.0381. The Morgan fingerprint density at radius 3 is 2.95 bits per heavy atom. The van der Waals surface area contributed by atoms with Crippen LogP contribution in [0.5, 0.6) is 5.75 Å². The number of nitro benzene ring substituents is 1. The van der Waals surface area contributed by atoms with E-state index in [4.69, 9.17) is 4.74 Å². The maximum absolute atomic E-state index is 10.7. The fourth-order valence-electron chi connectivity index (χ4n) is 2.80. The number of hydrogen-bond donors (Lipinski definition) is 1. The third-order valence-corrected chi connectivity index (χ3v) is 3.86. The molecule has 0 radical (unpaired) electrons. The molecular formula is C15H19N3O3. The Bertz CT molecular complexity index is 582. The van der Waals surface area contributed by atoms with Gasteiger partial charge in [-0.05, 0) is 37.9 Å². The highest BCUT2D eigenvalue weighted by Crippen LogP contribution is 2.34. The summed E-state index contributed by atoms with van der Waals surface area (Å²) < 4.78 is 5.93. The van der Waals surface area contributed by atoms with Gasteiger partial charge < -0.3 is 4.74 Å². The van der Waals surface area contributed by atoms with Gasteiger partial charge in [-0.2, -0.15) is 5.26 Å². The number of benzene rings is 1. The molecule has 6 nitrogen and oxygen atoms in total. The van der Waals surface area contributed by atoms with E-state index in [0.717, 1.165) is 24.9 Å². The molecule has 0 saturated heterocycles. The van der Waals surface area contributed by atoms with Crippen molar-refractivity contribution in [3.8, 4) is 11.8 Å². The van der Waals surface area contributed by atoms with Gasteiger partial charge in [-0.25, -0.2) is 0 Å². The van der Waals surface area contributed by atoms with E-state index in [2.05, 4.69) is 11.4 Å². The van der Waals surface area contributed by atoms with E-state index < -0.39 is 10.5 Å². The van der Waals surface area contributed by atoms with Crippen LogP contribution in [0.1, 0.15) is 31.7 Å². The number of nitrogens with zero attached hydrogens (tertiary/aromatic N) is 2. The Balaban J connectivity index is 2.07. The number of nitrogens with one attached hydrogen (secondary N) is 1. The summed E-state index contributed by atoms with van der Waals surface area (Å²) >= 11 is 0. The Labute approximate surface area is 123 Å².